The third kappa shape index (κ3) is 4.43. The Morgan fingerprint density at radius 2 is 2.05 bits per heavy atom. The standard InChI is InChI=1S/C14H13ClN2O2S/c1-2-19-14(18)17-11-5-8-13(16-9-11)20-12-6-3-10(15)4-7-12/h3-9H,2H2,1H3,(H,17,18). The number of aromatic nitrogens is 1. The molecule has 0 aliphatic rings. The van der Waals surface area contributed by atoms with Crippen molar-refractivity contribution in [3.05, 3.63) is 47.6 Å². The molecule has 2 aromatic rings. The lowest BCUT2D eigenvalue weighted by atomic mass is 10.4. The summed E-state index contributed by atoms with van der Waals surface area (Å²) in [7, 11) is 0. The van der Waals surface area contributed by atoms with Crippen LogP contribution in [0.15, 0.2) is 52.5 Å². The van der Waals surface area contributed by atoms with Gasteiger partial charge in [0.2, 0.25) is 0 Å². The van der Waals surface area contributed by atoms with Crippen LogP contribution >= 0.6 is 23.4 Å². The van der Waals surface area contributed by atoms with Crippen molar-refractivity contribution in [3.63, 3.8) is 0 Å². The second-order valence-electron chi connectivity index (χ2n) is 3.79. The molecule has 0 aliphatic carbocycles. The maximum atomic E-state index is 11.2. The summed E-state index contributed by atoms with van der Waals surface area (Å²) in [5.74, 6) is 0. The molecule has 0 saturated carbocycles. The van der Waals surface area contributed by atoms with Crippen molar-refractivity contribution in [2.45, 2.75) is 16.8 Å². The van der Waals surface area contributed by atoms with Crippen molar-refractivity contribution < 1.29 is 9.53 Å². The number of hydrogen-bond acceptors (Lipinski definition) is 4. The summed E-state index contributed by atoms with van der Waals surface area (Å²) in [6.07, 6.45) is 1.11. The van der Waals surface area contributed by atoms with E-state index in [0.29, 0.717) is 17.3 Å². The van der Waals surface area contributed by atoms with Crippen LogP contribution in [-0.4, -0.2) is 17.7 Å². The summed E-state index contributed by atoms with van der Waals surface area (Å²) in [5.41, 5.74) is 0.601. The second kappa shape index (κ2) is 7.17. The molecule has 1 aromatic carbocycles. The van der Waals surface area contributed by atoms with Gasteiger partial charge in [0.15, 0.2) is 0 Å². The Morgan fingerprint density at radius 1 is 1.30 bits per heavy atom. The van der Waals surface area contributed by atoms with Gasteiger partial charge in [-0.15, -0.1) is 0 Å². The number of nitrogens with zero attached hydrogens (tertiary/aromatic N) is 1. The molecular formula is C14H13ClN2O2S. The first-order valence-electron chi connectivity index (χ1n) is 6.00. The molecule has 0 fully saturated rings. The van der Waals surface area contributed by atoms with Crippen LogP contribution in [0.2, 0.25) is 5.02 Å². The van der Waals surface area contributed by atoms with Gasteiger partial charge in [0.05, 0.1) is 18.5 Å². The number of ether oxygens (including phenoxy) is 1. The monoisotopic (exact) mass is 308 g/mol. The smallest absolute Gasteiger partial charge is 0.411 e. The molecular weight excluding hydrogens is 296 g/mol. The fourth-order valence-corrected chi connectivity index (χ4v) is 2.30. The number of amides is 1. The number of carbonyl (C=O) groups is 1. The highest BCUT2D eigenvalue weighted by Gasteiger charge is 2.03. The Kier molecular flexibility index (Phi) is 5.26. The minimum Gasteiger partial charge on any atom is -0.450 e. The van der Waals surface area contributed by atoms with Gasteiger partial charge in [0.25, 0.3) is 0 Å². The third-order valence-electron chi connectivity index (χ3n) is 2.29. The van der Waals surface area contributed by atoms with Crippen molar-refractivity contribution in [1.29, 1.82) is 0 Å². The van der Waals surface area contributed by atoms with Crippen LogP contribution in [0.5, 0.6) is 0 Å². The minimum atomic E-state index is -0.479. The molecule has 0 radical (unpaired) electrons. The fraction of sp³-hybridized carbons (Fsp3) is 0.143. The highest BCUT2D eigenvalue weighted by atomic mass is 35.5. The molecule has 104 valence electrons. The zero-order valence-corrected chi connectivity index (χ0v) is 12.4. The molecule has 1 aromatic heterocycles. The molecule has 6 heteroatoms. The third-order valence-corrected chi connectivity index (χ3v) is 3.50. The summed E-state index contributed by atoms with van der Waals surface area (Å²) in [5, 5.41) is 4.13. The van der Waals surface area contributed by atoms with Crippen molar-refractivity contribution >= 4 is 35.1 Å². The highest BCUT2D eigenvalue weighted by Crippen LogP contribution is 2.27. The predicted molar refractivity (Wildman–Crippen MR) is 80.5 cm³/mol. The molecule has 0 spiro atoms. The Hall–Kier alpha value is -1.72. The van der Waals surface area contributed by atoms with Crippen LogP contribution < -0.4 is 5.32 Å². The first kappa shape index (κ1) is 14.7. The fourth-order valence-electron chi connectivity index (χ4n) is 1.42. The summed E-state index contributed by atoms with van der Waals surface area (Å²) in [4.78, 5) is 16.6. The number of anilines is 1. The van der Waals surface area contributed by atoms with Crippen LogP contribution in [0, 0.1) is 0 Å². The van der Waals surface area contributed by atoms with E-state index in [1.165, 1.54) is 11.8 Å². The number of benzene rings is 1. The van der Waals surface area contributed by atoms with E-state index >= 15 is 0 Å². The van der Waals surface area contributed by atoms with E-state index in [9.17, 15) is 4.79 Å². The van der Waals surface area contributed by atoms with E-state index < -0.39 is 6.09 Å². The van der Waals surface area contributed by atoms with Gasteiger partial charge in [-0.2, -0.15) is 0 Å². The summed E-state index contributed by atoms with van der Waals surface area (Å²) < 4.78 is 4.79. The molecule has 0 bridgehead atoms. The van der Waals surface area contributed by atoms with Crippen molar-refractivity contribution in [2.75, 3.05) is 11.9 Å². The molecule has 0 unspecified atom stereocenters. The van der Waals surface area contributed by atoms with E-state index in [4.69, 9.17) is 16.3 Å². The van der Waals surface area contributed by atoms with Crippen LogP contribution in [0.4, 0.5) is 10.5 Å². The SMILES string of the molecule is CCOC(=O)Nc1ccc(Sc2ccc(Cl)cc2)nc1. The molecule has 0 aliphatic heterocycles. The van der Waals surface area contributed by atoms with Gasteiger partial charge >= 0.3 is 6.09 Å². The molecule has 1 heterocycles. The first-order chi connectivity index (χ1) is 9.67. The maximum Gasteiger partial charge on any atom is 0.411 e. The van der Waals surface area contributed by atoms with Gasteiger partial charge in [0, 0.05) is 9.92 Å². The van der Waals surface area contributed by atoms with Crippen molar-refractivity contribution in [2.24, 2.45) is 0 Å². The topological polar surface area (TPSA) is 51.2 Å². The van der Waals surface area contributed by atoms with Gasteiger partial charge in [-0.1, -0.05) is 23.4 Å². The van der Waals surface area contributed by atoms with E-state index in [-0.39, 0.29) is 0 Å². The number of carbonyl (C=O) groups excluding carboxylic acids is 1. The Labute approximate surface area is 126 Å². The quantitative estimate of drug-likeness (QED) is 0.906. The highest BCUT2D eigenvalue weighted by molar-refractivity contribution is 7.99. The average molecular weight is 309 g/mol. The first-order valence-corrected chi connectivity index (χ1v) is 7.20. The molecule has 2 rings (SSSR count). The zero-order valence-electron chi connectivity index (χ0n) is 10.8. The van der Waals surface area contributed by atoms with Gasteiger partial charge in [-0.3, -0.25) is 5.32 Å². The van der Waals surface area contributed by atoms with Crippen LogP contribution in [-0.2, 0) is 4.74 Å². The van der Waals surface area contributed by atoms with E-state index in [0.717, 1.165) is 9.92 Å². The number of halogens is 1. The van der Waals surface area contributed by atoms with E-state index in [2.05, 4.69) is 10.3 Å². The Balaban J connectivity index is 1.97. The molecule has 0 atom stereocenters. The maximum absolute atomic E-state index is 11.2. The van der Waals surface area contributed by atoms with Crippen molar-refractivity contribution in [1.82, 2.24) is 4.98 Å². The van der Waals surface area contributed by atoms with Gasteiger partial charge in [0.1, 0.15) is 5.03 Å². The number of nitrogens with one attached hydrogen (secondary N) is 1. The van der Waals surface area contributed by atoms with Gasteiger partial charge in [-0.25, -0.2) is 9.78 Å². The number of hydrogen-bond donors (Lipinski definition) is 1. The predicted octanol–water partition coefficient (Wildman–Crippen LogP) is 4.45. The lowest BCUT2D eigenvalue weighted by molar-refractivity contribution is 0.168. The normalized spacial score (nSPS) is 10.1. The lowest BCUT2D eigenvalue weighted by Crippen LogP contribution is -2.13. The Bertz CT molecular complexity index is 573. The summed E-state index contributed by atoms with van der Waals surface area (Å²) in [6, 6.07) is 11.1. The minimum absolute atomic E-state index is 0.337. The van der Waals surface area contributed by atoms with Crippen LogP contribution in [0.25, 0.3) is 0 Å². The number of pyridine rings is 1. The van der Waals surface area contributed by atoms with Crippen LogP contribution in [0.1, 0.15) is 6.92 Å². The Morgan fingerprint density at radius 3 is 2.65 bits per heavy atom. The number of rotatable bonds is 4. The summed E-state index contributed by atoms with van der Waals surface area (Å²) >= 11 is 7.35. The zero-order chi connectivity index (χ0) is 14.4. The lowest BCUT2D eigenvalue weighted by Gasteiger charge is -2.05. The van der Waals surface area contributed by atoms with Crippen molar-refractivity contribution in [3.8, 4) is 0 Å². The van der Waals surface area contributed by atoms with Crippen LogP contribution in [0.3, 0.4) is 0 Å². The van der Waals surface area contributed by atoms with E-state index in [1.54, 1.807) is 19.2 Å². The molecule has 1 amide bonds. The largest absolute Gasteiger partial charge is 0.450 e. The molecule has 20 heavy (non-hydrogen) atoms. The molecule has 1 N–H and O–H groups in total. The second-order valence-corrected chi connectivity index (χ2v) is 5.32. The molecule has 4 nitrogen and oxygen atoms in total. The molecule has 0 saturated heterocycles. The van der Waals surface area contributed by atoms with Gasteiger partial charge in [-0.05, 0) is 43.3 Å². The average Bonchev–Trinajstić information content (AvgIpc) is 2.44. The van der Waals surface area contributed by atoms with Gasteiger partial charge < -0.3 is 4.74 Å². The van der Waals surface area contributed by atoms with E-state index in [1.807, 2.05) is 30.3 Å². The summed E-state index contributed by atoms with van der Waals surface area (Å²) in [6.45, 7) is 2.09.